The third-order valence-electron chi connectivity index (χ3n) is 3.63. The van der Waals surface area contributed by atoms with Gasteiger partial charge in [-0.2, -0.15) is 10.2 Å². The molecule has 0 unspecified atom stereocenters. The second-order valence-electron chi connectivity index (χ2n) is 5.48. The van der Waals surface area contributed by atoms with E-state index in [-0.39, 0.29) is 11.4 Å². The van der Waals surface area contributed by atoms with E-state index in [0.717, 1.165) is 5.56 Å². The lowest BCUT2D eigenvalue weighted by atomic mass is 10.1. The summed E-state index contributed by atoms with van der Waals surface area (Å²) in [6.07, 6.45) is 0. The number of nitrogens with one attached hydrogen (secondary N) is 2. The molecule has 3 aromatic rings. The Morgan fingerprint density at radius 2 is 1.96 bits per heavy atom. The number of benzene rings is 2. The first-order valence-corrected chi connectivity index (χ1v) is 8.34. The Bertz CT molecular complexity index is 998. The van der Waals surface area contributed by atoms with E-state index in [1.54, 1.807) is 55.5 Å². The monoisotopic (exact) mass is 388 g/mol. The maximum absolute atomic E-state index is 12.2. The van der Waals surface area contributed by atoms with Crippen LogP contribution in [-0.4, -0.2) is 26.9 Å². The first-order valence-electron chi connectivity index (χ1n) is 7.59. The SMILES string of the molecule is C/C(=N/NC(=O)c1cc(-c2ccc(Cl)c(Cl)c2)n[nH]1)c1cccc(O)c1. The van der Waals surface area contributed by atoms with Crippen molar-refractivity contribution in [3.05, 3.63) is 69.8 Å². The van der Waals surface area contributed by atoms with Crippen molar-refractivity contribution in [1.82, 2.24) is 15.6 Å². The minimum Gasteiger partial charge on any atom is -0.508 e. The van der Waals surface area contributed by atoms with Crippen LogP contribution in [-0.2, 0) is 0 Å². The van der Waals surface area contributed by atoms with Crippen LogP contribution in [0.1, 0.15) is 23.0 Å². The molecule has 0 atom stereocenters. The summed E-state index contributed by atoms with van der Waals surface area (Å²) < 4.78 is 0. The molecule has 0 spiro atoms. The predicted molar refractivity (Wildman–Crippen MR) is 102 cm³/mol. The molecular formula is C18H14Cl2N4O2. The maximum Gasteiger partial charge on any atom is 0.289 e. The van der Waals surface area contributed by atoms with Gasteiger partial charge in [-0.3, -0.25) is 9.89 Å². The van der Waals surface area contributed by atoms with Crippen molar-refractivity contribution in [2.45, 2.75) is 6.92 Å². The number of nitrogens with zero attached hydrogens (tertiary/aromatic N) is 2. The summed E-state index contributed by atoms with van der Waals surface area (Å²) in [7, 11) is 0. The number of rotatable bonds is 4. The fraction of sp³-hybridized carbons (Fsp3) is 0.0556. The van der Waals surface area contributed by atoms with Crippen LogP contribution in [0.3, 0.4) is 0 Å². The van der Waals surface area contributed by atoms with Crippen LogP contribution in [0.15, 0.2) is 53.6 Å². The van der Waals surface area contributed by atoms with Crippen LogP contribution < -0.4 is 5.43 Å². The highest BCUT2D eigenvalue weighted by atomic mass is 35.5. The Morgan fingerprint density at radius 3 is 2.69 bits per heavy atom. The van der Waals surface area contributed by atoms with Gasteiger partial charge in [0.1, 0.15) is 11.4 Å². The molecule has 0 radical (unpaired) electrons. The number of hydrogen-bond acceptors (Lipinski definition) is 4. The minimum absolute atomic E-state index is 0.128. The van der Waals surface area contributed by atoms with Crippen LogP contribution >= 0.6 is 23.2 Å². The molecule has 8 heteroatoms. The maximum atomic E-state index is 12.2. The van der Waals surface area contributed by atoms with Crippen molar-refractivity contribution in [3.8, 4) is 17.0 Å². The molecule has 3 rings (SSSR count). The van der Waals surface area contributed by atoms with Gasteiger partial charge in [0.2, 0.25) is 0 Å². The van der Waals surface area contributed by atoms with Crippen LogP contribution in [0.25, 0.3) is 11.3 Å². The number of H-pyrrole nitrogens is 1. The van der Waals surface area contributed by atoms with Crippen molar-refractivity contribution in [2.75, 3.05) is 0 Å². The van der Waals surface area contributed by atoms with Crippen molar-refractivity contribution < 1.29 is 9.90 Å². The number of aromatic nitrogens is 2. The second kappa shape index (κ2) is 7.59. The van der Waals surface area contributed by atoms with Crippen LogP contribution in [0.5, 0.6) is 5.75 Å². The summed E-state index contributed by atoms with van der Waals surface area (Å²) in [5.41, 5.74) is 5.24. The fourth-order valence-corrected chi connectivity index (χ4v) is 2.53. The van der Waals surface area contributed by atoms with E-state index < -0.39 is 5.91 Å². The van der Waals surface area contributed by atoms with E-state index in [1.807, 2.05) is 0 Å². The molecule has 0 saturated heterocycles. The molecular weight excluding hydrogens is 375 g/mol. The normalized spacial score (nSPS) is 11.4. The Balaban J connectivity index is 1.74. The summed E-state index contributed by atoms with van der Waals surface area (Å²) >= 11 is 11.9. The summed E-state index contributed by atoms with van der Waals surface area (Å²) in [4.78, 5) is 12.2. The van der Waals surface area contributed by atoms with Gasteiger partial charge in [0.15, 0.2) is 0 Å². The smallest absolute Gasteiger partial charge is 0.289 e. The van der Waals surface area contributed by atoms with Gasteiger partial charge in [-0.1, -0.05) is 41.4 Å². The second-order valence-corrected chi connectivity index (χ2v) is 6.30. The Hall–Kier alpha value is -2.83. The standard InChI is InChI=1S/C18H14Cl2N4O2/c1-10(11-3-2-4-13(25)7-11)21-24-18(26)17-9-16(22-23-17)12-5-6-14(19)15(20)8-12/h2-9,25H,1H3,(H,22,23)(H,24,26)/b21-10-. The zero-order valence-corrected chi connectivity index (χ0v) is 15.1. The Kier molecular flexibility index (Phi) is 5.25. The molecule has 0 fully saturated rings. The Labute approximate surface area is 159 Å². The third kappa shape index (κ3) is 4.04. The average molecular weight is 389 g/mol. The van der Waals surface area contributed by atoms with Crippen molar-refractivity contribution in [3.63, 3.8) is 0 Å². The van der Waals surface area contributed by atoms with Gasteiger partial charge in [0.05, 0.1) is 21.5 Å². The highest BCUT2D eigenvalue weighted by Crippen LogP contribution is 2.27. The van der Waals surface area contributed by atoms with E-state index in [2.05, 4.69) is 20.7 Å². The fourth-order valence-electron chi connectivity index (χ4n) is 2.23. The van der Waals surface area contributed by atoms with Gasteiger partial charge < -0.3 is 5.11 Å². The summed E-state index contributed by atoms with van der Waals surface area (Å²) in [5.74, 6) is -0.313. The number of phenols is 1. The van der Waals surface area contributed by atoms with Gasteiger partial charge in [0, 0.05) is 11.1 Å². The molecule has 1 aromatic heterocycles. The Morgan fingerprint density at radius 1 is 1.15 bits per heavy atom. The first-order chi connectivity index (χ1) is 12.4. The van der Waals surface area contributed by atoms with Gasteiger partial charge in [-0.25, -0.2) is 5.43 Å². The number of carbonyl (C=O) groups excluding carboxylic acids is 1. The number of hydrazone groups is 1. The molecule has 0 saturated carbocycles. The molecule has 3 N–H and O–H groups in total. The third-order valence-corrected chi connectivity index (χ3v) is 4.37. The van der Waals surface area contributed by atoms with E-state index in [0.29, 0.717) is 27.0 Å². The molecule has 132 valence electrons. The van der Waals surface area contributed by atoms with Gasteiger partial charge in [-0.15, -0.1) is 0 Å². The van der Waals surface area contributed by atoms with Crippen molar-refractivity contribution in [2.24, 2.45) is 5.10 Å². The average Bonchev–Trinajstić information content (AvgIpc) is 3.12. The number of aromatic hydroxyl groups is 1. The number of aromatic amines is 1. The van der Waals surface area contributed by atoms with Crippen molar-refractivity contribution >= 4 is 34.8 Å². The highest BCUT2D eigenvalue weighted by molar-refractivity contribution is 6.42. The topological polar surface area (TPSA) is 90.4 Å². The number of carbonyl (C=O) groups is 1. The molecule has 0 bridgehead atoms. The molecule has 0 aliphatic heterocycles. The zero-order valence-electron chi connectivity index (χ0n) is 13.6. The predicted octanol–water partition coefficient (Wildman–Crippen LogP) is 4.24. The molecule has 0 aliphatic carbocycles. The largest absolute Gasteiger partial charge is 0.508 e. The molecule has 2 aromatic carbocycles. The van der Waals surface area contributed by atoms with Crippen LogP contribution in [0, 0.1) is 0 Å². The van der Waals surface area contributed by atoms with Crippen LogP contribution in [0.2, 0.25) is 10.0 Å². The van der Waals surface area contributed by atoms with E-state index >= 15 is 0 Å². The molecule has 26 heavy (non-hydrogen) atoms. The summed E-state index contributed by atoms with van der Waals surface area (Å²) in [6.45, 7) is 1.73. The summed E-state index contributed by atoms with van der Waals surface area (Å²) in [6, 6.07) is 13.3. The number of amides is 1. The lowest BCUT2D eigenvalue weighted by Crippen LogP contribution is -2.19. The van der Waals surface area contributed by atoms with E-state index in [4.69, 9.17) is 23.2 Å². The number of phenolic OH excluding ortho intramolecular Hbond substituents is 1. The van der Waals surface area contributed by atoms with Crippen LogP contribution in [0.4, 0.5) is 0 Å². The zero-order chi connectivity index (χ0) is 18.7. The van der Waals surface area contributed by atoms with Gasteiger partial charge >= 0.3 is 0 Å². The first kappa shape index (κ1) is 18.0. The summed E-state index contributed by atoms with van der Waals surface area (Å²) in [5, 5.41) is 21.2. The van der Waals surface area contributed by atoms with Gasteiger partial charge in [0.25, 0.3) is 5.91 Å². The van der Waals surface area contributed by atoms with Crippen molar-refractivity contribution in [1.29, 1.82) is 0 Å². The molecule has 0 aliphatic rings. The number of hydrogen-bond donors (Lipinski definition) is 3. The highest BCUT2D eigenvalue weighted by Gasteiger charge is 2.12. The lowest BCUT2D eigenvalue weighted by Gasteiger charge is -2.02. The molecule has 1 amide bonds. The molecule has 1 heterocycles. The lowest BCUT2D eigenvalue weighted by molar-refractivity contribution is 0.0950. The number of halogens is 2. The van der Waals surface area contributed by atoms with Gasteiger partial charge in [-0.05, 0) is 37.3 Å². The minimum atomic E-state index is -0.441. The quantitative estimate of drug-likeness (QED) is 0.460. The van der Waals surface area contributed by atoms with E-state index in [1.165, 1.54) is 0 Å². The molecule has 6 nitrogen and oxygen atoms in total. The van der Waals surface area contributed by atoms with E-state index in [9.17, 15) is 9.90 Å².